The van der Waals surface area contributed by atoms with Crippen LogP contribution >= 0.6 is 0 Å². The first-order chi connectivity index (χ1) is 9.94. The standard InChI is InChI=1S/C15H13F3N2O/c16-11-3-9(4-12(17)7-11)1-2-20-15(21)10-5-13(18)8-14(19)6-10/h3-8H,1-2,19H2,(H,20,21). The largest absolute Gasteiger partial charge is 0.399 e. The second-order valence-electron chi connectivity index (χ2n) is 4.56. The van der Waals surface area contributed by atoms with Gasteiger partial charge in [-0.05, 0) is 42.3 Å². The van der Waals surface area contributed by atoms with Crippen LogP contribution in [0.25, 0.3) is 0 Å². The summed E-state index contributed by atoms with van der Waals surface area (Å²) in [6.45, 7) is 0.165. The van der Waals surface area contributed by atoms with Crippen LogP contribution in [0.3, 0.4) is 0 Å². The SMILES string of the molecule is Nc1cc(F)cc(C(=O)NCCc2cc(F)cc(F)c2)c1. The number of anilines is 1. The number of nitrogens with one attached hydrogen (secondary N) is 1. The summed E-state index contributed by atoms with van der Waals surface area (Å²) >= 11 is 0. The Labute approximate surface area is 119 Å². The van der Waals surface area contributed by atoms with Crippen LogP contribution < -0.4 is 11.1 Å². The van der Waals surface area contributed by atoms with Crippen molar-refractivity contribution in [3.63, 3.8) is 0 Å². The molecule has 0 aromatic heterocycles. The van der Waals surface area contributed by atoms with Crippen molar-refractivity contribution in [2.24, 2.45) is 0 Å². The molecule has 3 nitrogen and oxygen atoms in total. The fraction of sp³-hybridized carbons (Fsp3) is 0.133. The van der Waals surface area contributed by atoms with Crippen LogP contribution in [-0.4, -0.2) is 12.5 Å². The Bertz CT molecular complexity index is 633. The fourth-order valence-electron chi connectivity index (χ4n) is 1.92. The van der Waals surface area contributed by atoms with Crippen molar-refractivity contribution in [3.8, 4) is 0 Å². The van der Waals surface area contributed by atoms with Gasteiger partial charge in [0.1, 0.15) is 17.5 Å². The van der Waals surface area contributed by atoms with E-state index in [1.807, 2.05) is 0 Å². The molecule has 0 aliphatic carbocycles. The van der Waals surface area contributed by atoms with Gasteiger partial charge in [-0.25, -0.2) is 13.2 Å². The van der Waals surface area contributed by atoms with E-state index in [-0.39, 0.29) is 24.2 Å². The number of nitrogens with two attached hydrogens (primary N) is 1. The molecule has 2 aromatic rings. The smallest absolute Gasteiger partial charge is 0.251 e. The van der Waals surface area contributed by atoms with Crippen LogP contribution in [-0.2, 0) is 6.42 Å². The van der Waals surface area contributed by atoms with Crippen LogP contribution in [0.2, 0.25) is 0 Å². The summed E-state index contributed by atoms with van der Waals surface area (Å²) in [7, 11) is 0. The number of carbonyl (C=O) groups excluding carboxylic acids is 1. The van der Waals surface area contributed by atoms with Gasteiger partial charge in [-0.1, -0.05) is 0 Å². The average molecular weight is 294 g/mol. The van der Waals surface area contributed by atoms with Crippen LogP contribution in [0.15, 0.2) is 36.4 Å². The van der Waals surface area contributed by atoms with Gasteiger partial charge < -0.3 is 11.1 Å². The van der Waals surface area contributed by atoms with Gasteiger partial charge in [0.15, 0.2) is 0 Å². The second-order valence-corrected chi connectivity index (χ2v) is 4.56. The van der Waals surface area contributed by atoms with Crippen molar-refractivity contribution in [2.75, 3.05) is 12.3 Å². The molecule has 1 amide bonds. The second kappa shape index (κ2) is 6.30. The van der Waals surface area contributed by atoms with E-state index >= 15 is 0 Å². The Morgan fingerprint density at radius 3 is 2.19 bits per heavy atom. The zero-order chi connectivity index (χ0) is 15.4. The van der Waals surface area contributed by atoms with Crippen molar-refractivity contribution in [3.05, 3.63) is 65.0 Å². The Balaban J connectivity index is 1.95. The number of hydrogen-bond donors (Lipinski definition) is 2. The van der Waals surface area contributed by atoms with Gasteiger partial charge in [-0.3, -0.25) is 4.79 Å². The van der Waals surface area contributed by atoms with Gasteiger partial charge in [0.05, 0.1) is 0 Å². The fourth-order valence-corrected chi connectivity index (χ4v) is 1.92. The zero-order valence-corrected chi connectivity index (χ0v) is 11.0. The van der Waals surface area contributed by atoms with E-state index in [0.29, 0.717) is 5.56 Å². The number of hydrogen-bond acceptors (Lipinski definition) is 2. The number of carbonyl (C=O) groups is 1. The number of benzene rings is 2. The van der Waals surface area contributed by atoms with E-state index in [0.717, 1.165) is 18.2 Å². The number of amides is 1. The van der Waals surface area contributed by atoms with Crippen LogP contribution in [0.5, 0.6) is 0 Å². The molecule has 6 heteroatoms. The molecule has 110 valence electrons. The monoisotopic (exact) mass is 294 g/mol. The topological polar surface area (TPSA) is 55.1 Å². The highest BCUT2D eigenvalue weighted by atomic mass is 19.1. The first-order valence-electron chi connectivity index (χ1n) is 6.23. The molecule has 0 fully saturated rings. The molecule has 0 aliphatic heterocycles. The third-order valence-electron chi connectivity index (χ3n) is 2.80. The van der Waals surface area contributed by atoms with Crippen molar-refractivity contribution in [2.45, 2.75) is 6.42 Å². The van der Waals surface area contributed by atoms with Gasteiger partial charge in [0.2, 0.25) is 0 Å². The van der Waals surface area contributed by atoms with Gasteiger partial charge in [0, 0.05) is 23.9 Å². The molecule has 0 atom stereocenters. The van der Waals surface area contributed by atoms with Crippen molar-refractivity contribution in [1.29, 1.82) is 0 Å². The highest BCUT2D eigenvalue weighted by Gasteiger charge is 2.08. The van der Waals surface area contributed by atoms with Crippen LogP contribution in [0.1, 0.15) is 15.9 Å². The van der Waals surface area contributed by atoms with E-state index in [1.54, 1.807) is 0 Å². The molecule has 2 rings (SSSR count). The predicted molar refractivity (Wildman–Crippen MR) is 73.2 cm³/mol. The Kier molecular flexibility index (Phi) is 4.47. The molecule has 3 N–H and O–H groups in total. The molecule has 0 aliphatic rings. The molecule has 2 aromatic carbocycles. The quantitative estimate of drug-likeness (QED) is 0.852. The molecule has 0 saturated carbocycles. The highest BCUT2D eigenvalue weighted by Crippen LogP contribution is 2.11. The van der Waals surface area contributed by atoms with E-state index < -0.39 is 23.4 Å². The Morgan fingerprint density at radius 1 is 0.952 bits per heavy atom. The highest BCUT2D eigenvalue weighted by molar-refractivity contribution is 5.95. The minimum atomic E-state index is -0.672. The summed E-state index contributed by atoms with van der Waals surface area (Å²) in [4.78, 5) is 11.8. The summed E-state index contributed by atoms with van der Waals surface area (Å²) < 4.78 is 39.1. The lowest BCUT2D eigenvalue weighted by Crippen LogP contribution is -2.26. The first-order valence-corrected chi connectivity index (χ1v) is 6.23. The number of halogens is 3. The molecule has 0 bridgehead atoms. The van der Waals surface area contributed by atoms with Crippen molar-refractivity contribution in [1.82, 2.24) is 5.32 Å². The molecule has 0 spiro atoms. The average Bonchev–Trinajstić information content (AvgIpc) is 2.36. The molecular formula is C15H13F3N2O. The molecule has 0 unspecified atom stereocenters. The normalized spacial score (nSPS) is 10.4. The lowest BCUT2D eigenvalue weighted by atomic mass is 10.1. The summed E-state index contributed by atoms with van der Waals surface area (Å²) in [5, 5.41) is 2.53. The molecule has 0 heterocycles. The van der Waals surface area contributed by atoms with Crippen molar-refractivity contribution < 1.29 is 18.0 Å². The van der Waals surface area contributed by atoms with E-state index in [1.165, 1.54) is 18.2 Å². The lowest BCUT2D eigenvalue weighted by Gasteiger charge is -2.07. The van der Waals surface area contributed by atoms with Crippen LogP contribution in [0, 0.1) is 17.5 Å². The van der Waals surface area contributed by atoms with Crippen molar-refractivity contribution >= 4 is 11.6 Å². The number of nitrogen functional groups attached to an aromatic ring is 1. The predicted octanol–water partition coefficient (Wildman–Crippen LogP) is 2.66. The minimum absolute atomic E-state index is 0.0953. The van der Waals surface area contributed by atoms with Gasteiger partial charge in [0.25, 0.3) is 5.91 Å². The molecule has 21 heavy (non-hydrogen) atoms. The van der Waals surface area contributed by atoms with E-state index in [2.05, 4.69) is 5.32 Å². The summed E-state index contributed by atoms with van der Waals surface area (Å²) in [6.07, 6.45) is 0.255. The molecule has 0 radical (unpaired) electrons. The Hall–Kier alpha value is -2.50. The summed E-state index contributed by atoms with van der Waals surface area (Å²) in [5.41, 5.74) is 6.11. The van der Waals surface area contributed by atoms with Gasteiger partial charge in [-0.2, -0.15) is 0 Å². The number of rotatable bonds is 4. The minimum Gasteiger partial charge on any atom is -0.399 e. The van der Waals surface area contributed by atoms with E-state index in [4.69, 9.17) is 5.73 Å². The summed E-state index contributed by atoms with van der Waals surface area (Å²) in [5.74, 6) is -2.45. The maximum Gasteiger partial charge on any atom is 0.251 e. The zero-order valence-electron chi connectivity index (χ0n) is 11.0. The van der Waals surface area contributed by atoms with Crippen LogP contribution in [0.4, 0.5) is 18.9 Å². The molecular weight excluding hydrogens is 281 g/mol. The van der Waals surface area contributed by atoms with E-state index in [9.17, 15) is 18.0 Å². The molecule has 0 saturated heterocycles. The first kappa shape index (κ1) is 14.9. The van der Waals surface area contributed by atoms with Gasteiger partial charge >= 0.3 is 0 Å². The third kappa shape index (κ3) is 4.24. The lowest BCUT2D eigenvalue weighted by molar-refractivity contribution is 0.0953. The maximum absolute atomic E-state index is 13.1. The Morgan fingerprint density at radius 2 is 1.57 bits per heavy atom. The summed E-state index contributed by atoms with van der Waals surface area (Å²) in [6, 6.07) is 6.67. The van der Waals surface area contributed by atoms with Gasteiger partial charge in [-0.15, -0.1) is 0 Å². The maximum atomic E-state index is 13.1. The third-order valence-corrected chi connectivity index (χ3v) is 2.80.